The SMILES string of the molecule is Cn1c(-c2cccc(NCC34CCC(c5nc(C6CC6)no5)(CC3)CC4)c2)nnc1C1CC1. The van der Waals surface area contributed by atoms with Crippen molar-refractivity contribution in [3.8, 4) is 11.4 Å². The summed E-state index contributed by atoms with van der Waals surface area (Å²) in [7, 11) is 2.09. The summed E-state index contributed by atoms with van der Waals surface area (Å²) in [5, 5.41) is 17.0. The Kier molecular flexibility index (Phi) is 4.28. The lowest BCUT2D eigenvalue weighted by molar-refractivity contribution is 0.0322. The first-order valence-electron chi connectivity index (χ1n) is 12.7. The molecule has 0 radical (unpaired) electrons. The summed E-state index contributed by atoms with van der Waals surface area (Å²) in [6, 6.07) is 8.66. The van der Waals surface area contributed by atoms with Gasteiger partial charge in [0.15, 0.2) is 11.6 Å². The van der Waals surface area contributed by atoms with E-state index in [0.717, 1.165) is 35.5 Å². The van der Waals surface area contributed by atoms with Crippen molar-refractivity contribution in [1.29, 1.82) is 0 Å². The number of hydrogen-bond donors (Lipinski definition) is 1. The minimum atomic E-state index is 0.131. The fourth-order valence-corrected chi connectivity index (χ4v) is 6.15. The Morgan fingerprint density at radius 3 is 2.48 bits per heavy atom. The van der Waals surface area contributed by atoms with E-state index in [1.165, 1.54) is 69.9 Å². The molecule has 0 aliphatic heterocycles. The Morgan fingerprint density at radius 2 is 1.76 bits per heavy atom. The molecule has 0 saturated heterocycles. The summed E-state index contributed by atoms with van der Waals surface area (Å²) in [5.74, 6) is 5.13. The van der Waals surface area contributed by atoms with Crippen molar-refractivity contribution in [2.75, 3.05) is 11.9 Å². The molecule has 1 aromatic carbocycles. The number of benzene rings is 1. The van der Waals surface area contributed by atoms with E-state index in [2.05, 4.69) is 56.6 Å². The Labute approximate surface area is 194 Å². The molecular weight excluding hydrogens is 412 g/mol. The van der Waals surface area contributed by atoms with Crippen LogP contribution in [0.4, 0.5) is 5.69 Å². The van der Waals surface area contributed by atoms with Crippen LogP contribution in [-0.2, 0) is 12.5 Å². The summed E-state index contributed by atoms with van der Waals surface area (Å²) in [5.41, 5.74) is 2.81. The smallest absolute Gasteiger partial charge is 0.232 e. The van der Waals surface area contributed by atoms with Gasteiger partial charge in [0.05, 0.1) is 0 Å². The fraction of sp³-hybridized carbons (Fsp3) is 0.615. The molecule has 33 heavy (non-hydrogen) atoms. The monoisotopic (exact) mass is 444 g/mol. The van der Waals surface area contributed by atoms with Crippen LogP contribution in [0.15, 0.2) is 28.8 Å². The van der Waals surface area contributed by atoms with Gasteiger partial charge in [0.2, 0.25) is 5.89 Å². The molecule has 2 bridgehead atoms. The molecule has 2 heterocycles. The molecule has 3 aromatic rings. The molecule has 5 saturated carbocycles. The van der Waals surface area contributed by atoms with Gasteiger partial charge in [-0.3, -0.25) is 0 Å². The van der Waals surface area contributed by atoms with E-state index in [9.17, 15) is 0 Å². The molecule has 0 amide bonds. The van der Waals surface area contributed by atoms with Crippen molar-refractivity contribution in [2.24, 2.45) is 12.5 Å². The number of anilines is 1. The third-order valence-corrected chi connectivity index (χ3v) is 8.88. The minimum Gasteiger partial charge on any atom is -0.384 e. The minimum absolute atomic E-state index is 0.131. The van der Waals surface area contributed by atoms with Gasteiger partial charge in [-0.1, -0.05) is 17.3 Å². The Hall–Kier alpha value is -2.70. The van der Waals surface area contributed by atoms with Gasteiger partial charge in [-0.05, 0) is 81.8 Å². The van der Waals surface area contributed by atoms with Gasteiger partial charge in [0.1, 0.15) is 5.82 Å². The van der Waals surface area contributed by atoms with Crippen molar-refractivity contribution in [2.45, 2.75) is 81.5 Å². The van der Waals surface area contributed by atoms with E-state index >= 15 is 0 Å². The lowest BCUT2D eigenvalue weighted by Gasteiger charge is -2.52. The van der Waals surface area contributed by atoms with Gasteiger partial charge < -0.3 is 14.4 Å². The third-order valence-electron chi connectivity index (χ3n) is 8.88. The molecule has 2 aromatic heterocycles. The highest BCUT2D eigenvalue weighted by Gasteiger charge is 2.52. The zero-order valence-electron chi connectivity index (χ0n) is 19.4. The van der Waals surface area contributed by atoms with Gasteiger partial charge in [0.25, 0.3) is 0 Å². The van der Waals surface area contributed by atoms with E-state index in [4.69, 9.17) is 9.51 Å². The Bertz CT molecular complexity index is 1160. The largest absolute Gasteiger partial charge is 0.384 e. The van der Waals surface area contributed by atoms with Crippen LogP contribution in [0.5, 0.6) is 0 Å². The maximum absolute atomic E-state index is 5.78. The van der Waals surface area contributed by atoms with Crippen LogP contribution in [-0.4, -0.2) is 31.4 Å². The molecule has 5 aliphatic carbocycles. The highest BCUT2D eigenvalue weighted by Crippen LogP contribution is 2.57. The quantitative estimate of drug-likeness (QED) is 0.531. The highest BCUT2D eigenvalue weighted by molar-refractivity contribution is 5.63. The average molecular weight is 445 g/mol. The summed E-state index contributed by atoms with van der Waals surface area (Å²) < 4.78 is 7.95. The Morgan fingerprint density at radius 1 is 1.00 bits per heavy atom. The van der Waals surface area contributed by atoms with Gasteiger partial charge in [-0.15, -0.1) is 10.2 Å². The van der Waals surface area contributed by atoms with Crippen LogP contribution < -0.4 is 5.32 Å². The number of nitrogens with one attached hydrogen (secondary N) is 1. The number of aromatic nitrogens is 5. The predicted octanol–water partition coefficient (Wildman–Crippen LogP) is 5.32. The van der Waals surface area contributed by atoms with E-state index < -0.39 is 0 Å². The highest BCUT2D eigenvalue weighted by atomic mass is 16.5. The van der Waals surface area contributed by atoms with Gasteiger partial charge in [-0.2, -0.15) is 4.98 Å². The normalized spacial score (nSPS) is 28.9. The maximum atomic E-state index is 5.78. The first-order valence-corrected chi connectivity index (χ1v) is 12.7. The van der Waals surface area contributed by atoms with Gasteiger partial charge >= 0.3 is 0 Å². The molecule has 7 nitrogen and oxygen atoms in total. The summed E-state index contributed by atoms with van der Waals surface area (Å²) in [6.07, 6.45) is 12.1. The molecule has 0 atom stereocenters. The first-order chi connectivity index (χ1) is 16.1. The number of nitrogens with zero attached hydrogens (tertiary/aromatic N) is 5. The molecule has 5 fully saturated rings. The van der Waals surface area contributed by atoms with E-state index in [1.54, 1.807) is 0 Å². The third kappa shape index (κ3) is 3.39. The summed E-state index contributed by atoms with van der Waals surface area (Å²) in [6.45, 7) is 1.02. The van der Waals surface area contributed by atoms with Crippen LogP contribution in [0.1, 0.15) is 93.6 Å². The summed E-state index contributed by atoms with van der Waals surface area (Å²) in [4.78, 5) is 4.84. The van der Waals surface area contributed by atoms with Crippen molar-refractivity contribution in [3.05, 3.63) is 41.8 Å². The number of fused-ring (bicyclic) bond motifs is 3. The van der Waals surface area contributed by atoms with E-state index in [0.29, 0.717) is 17.3 Å². The summed E-state index contributed by atoms with van der Waals surface area (Å²) >= 11 is 0. The second-order valence-corrected chi connectivity index (χ2v) is 11.2. The van der Waals surface area contributed by atoms with Crippen LogP contribution in [0, 0.1) is 5.41 Å². The lowest BCUT2D eigenvalue weighted by atomic mass is 9.53. The maximum Gasteiger partial charge on any atom is 0.232 e. The van der Waals surface area contributed by atoms with Crippen LogP contribution >= 0.6 is 0 Å². The average Bonchev–Trinajstić information content (AvgIpc) is 3.80. The fourth-order valence-electron chi connectivity index (χ4n) is 6.15. The van der Waals surface area contributed by atoms with Crippen LogP contribution in [0.25, 0.3) is 11.4 Å². The standard InChI is InChI=1S/C26H32N6O/c1-32-22(18-7-8-18)29-30-23(32)19-3-2-4-20(15-19)27-16-25-9-12-26(13-10-25,14-11-25)24-28-21(31-33-24)17-5-6-17/h2-4,15,17-18,27H,5-14,16H2,1H3. The van der Waals surface area contributed by atoms with E-state index in [1.807, 2.05) is 0 Å². The van der Waals surface area contributed by atoms with Crippen molar-refractivity contribution in [1.82, 2.24) is 24.9 Å². The van der Waals surface area contributed by atoms with E-state index in [-0.39, 0.29) is 5.41 Å². The molecule has 172 valence electrons. The molecule has 0 spiro atoms. The molecule has 8 rings (SSSR count). The Balaban J connectivity index is 1.03. The van der Waals surface area contributed by atoms with Crippen LogP contribution in [0.3, 0.4) is 0 Å². The molecule has 1 N–H and O–H groups in total. The second kappa shape index (κ2) is 7.15. The van der Waals surface area contributed by atoms with Crippen molar-refractivity contribution in [3.63, 3.8) is 0 Å². The van der Waals surface area contributed by atoms with Gasteiger partial charge in [0, 0.05) is 42.1 Å². The zero-order valence-corrected chi connectivity index (χ0v) is 19.4. The first kappa shape index (κ1) is 19.7. The van der Waals surface area contributed by atoms with Crippen molar-refractivity contribution >= 4 is 5.69 Å². The van der Waals surface area contributed by atoms with Crippen molar-refractivity contribution < 1.29 is 4.52 Å². The predicted molar refractivity (Wildman–Crippen MR) is 125 cm³/mol. The lowest BCUT2D eigenvalue weighted by Crippen LogP contribution is -2.47. The number of rotatable bonds is 7. The van der Waals surface area contributed by atoms with Crippen LogP contribution in [0.2, 0.25) is 0 Å². The number of hydrogen-bond acceptors (Lipinski definition) is 6. The zero-order chi connectivity index (χ0) is 22.0. The molecule has 5 aliphatic rings. The topological polar surface area (TPSA) is 81.7 Å². The molecule has 0 unspecified atom stereocenters. The molecule has 7 heteroatoms. The van der Waals surface area contributed by atoms with Gasteiger partial charge in [-0.25, -0.2) is 0 Å². The molecular formula is C26H32N6O. The second-order valence-electron chi connectivity index (χ2n) is 11.2.